The van der Waals surface area contributed by atoms with Gasteiger partial charge in [0, 0.05) is 19.8 Å². The molecule has 1 aliphatic carbocycles. The fourth-order valence-electron chi connectivity index (χ4n) is 1.61. The van der Waals surface area contributed by atoms with Crippen LogP contribution in [-0.4, -0.2) is 45.2 Å². The summed E-state index contributed by atoms with van der Waals surface area (Å²) in [6.07, 6.45) is 2.18. The number of hydrogen-bond donors (Lipinski definition) is 1. The number of hydrogen-bond acceptors (Lipinski definition) is 4. The van der Waals surface area contributed by atoms with Crippen LogP contribution in [0.1, 0.15) is 19.8 Å². The Kier molecular flexibility index (Phi) is 5.40. The third kappa shape index (κ3) is 3.20. The van der Waals surface area contributed by atoms with Gasteiger partial charge in [-0.1, -0.05) is 6.92 Å². The van der Waals surface area contributed by atoms with E-state index >= 15 is 0 Å². The Morgan fingerprint density at radius 3 is 2.64 bits per heavy atom. The molecule has 3 atom stereocenters. The van der Waals surface area contributed by atoms with Crippen LogP contribution in [0.2, 0.25) is 0 Å². The van der Waals surface area contributed by atoms with E-state index in [2.05, 4.69) is 6.92 Å². The summed E-state index contributed by atoms with van der Waals surface area (Å²) < 4.78 is 16.1. The van der Waals surface area contributed by atoms with E-state index in [0.29, 0.717) is 13.2 Å². The zero-order valence-corrected chi connectivity index (χ0v) is 9.07. The minimum atomic E-state index is 0.0705. The smallest absolute Gasteiger partial charge is 0.0984 e. The second-order valence-corrected chi connectivity index (χ2v) is 3.62. The third-order valence-electron chi connectivity index (χ3n) is 2.47. The van der Waals surface area contributed by atoms with Crippen molar-refractivity contribution < 1.29 is 14.2 Å². The van der Waals surface area contributed by atoms with Crippen molar-refractivity contribution in [2.75, 3.05) is 26.9 Å². The van der Waals surface area contributed by atoms with Gasteiger partial charge < -0.3 is 19.9 Å². The molecule has 4 nitrogen and oxygen atoms in total. The Morgan fingerprint density at radius 2 is 2.07 bits per heavy atom. The Balaban J connectivity index is 1.97. The van der Waals surface area contributed by atoms with Gasteiger partial charge in [0.05, 0.1) is 25.4 Å². The standard InChI is InChI=1S/C10H21NO3/c1-3-4-13-5-6-14-9-7-8(11)10(9)12-2/h8-10H,3-7,11H2,1-2H3. The maximum Gasteiger partial charge on any atom is 0.0984 e. The second kappa shape index (κ2) is 6.35. The number of rotatable bonds is 7. The summed E-state index contributed by atoms with van der Waals surface area (Å²) in [6, 6.07) is 0.140. The Hall–Kier alpha value is -0.160. The van der Waals surface area contributed by atoms with Crippen molar-refractivity contribution in [2.45, 2.75) is 38.0 Å². The summed E-state index contributed by atoms with van der Waals surface area (Å²) >= 11 is 0. The fraction of sp³-hybridized carbons (Fsp3) is 1.00. The first-order chi connectivity index (χ1) is 6.79. The van der Waals surface area contributed by atoms with E-state index in [1.165, 1.54) is 0 Å². The molecule has 0 saturated heterocycles. The lowest BCUT2D eigenvalue weighted by Gasteiger charge is -2.40. The maximum atomic E-state index is 5.74. The molecule has 0 aliphatic heterocycles. The molecular formula is C10H21NO3. The van der Waals surface area contributed by atoms with Crippen molar-refractivity contribution in [3.8, 4) is 0 Å². The van der Waals surface area contributed by atoms with Crippen molar-refractivity contribution in [3.63, 3.8) is 0 Å². The van der Waals surface area contributed by atoms with Crippen LogP contribution in [0.15, 0.2) is 0 Å². The van der Waals surface area contributed by atoms with Crippen LogP contribution < -0.4 is 5.73 Å². The molecule has 0 aromatic carbocycles. The van der Waals surface area contributed by atoms with Gasteiger partial charge in [-0.25, -0.2) is 0 Å². The highest BCUT2D eigenvalue weighted by Gasteiger charge is 2.39. The second-order valence-electron chi connectivity index (χ2n) is 3.62. The van der Waals surface area contributed by atoms with Gasteiger partial charge in [-0.3, -0.25) is 0 Å². The predicted octanol–water partition coefficient (Wildman–Crippen LogP) is 0.544. The van der Waals surface area contributed by atoms with Crippen molar-refractivity contribution in [3.05, 3.63) is 0 Å². The topological polar surface area (TPSA) is 53.7 Å². The summed E-state index contributed by atoms with van der Waals surface area (Å²) in [5.41, 5.74) is 5.74. The summed E-state index contributed by atoms with van der Waals surface area (Å²) in [4.78, 5) is 0. The first-order valence-corrected chi connectivity index (χ1v) is 5.27. The lowest BCUT2D eigenvalue weighted by atomic mass is 9.86. The Morgan fingerprint density at radius 1 is 1.29 bits per heavy atom. The molecule has 0 amide bonds. The van der Waals surface area contributed by atoms with Gasteiger partial charge in [0.1, 0.15) is 0 Å². The van der Waals surface area contributed by atoms with Crippen molar-refractivity contribution in [1.29, 1.82) is 0 Å². The molecule has 14 heavy (non-hydrogen) atoms. The molecule has 1 rings (SSSR count). The first-order valence-electron chi connectivity index (χ1n) is 5.27. The molecule has 0 aromatic heterocycles. The van der Waals surface area contributed by atoms with E-state index in [1.807, 2.05) is 0 Å². The van der Waals surface area contributed by atoms with Gasteiger partial charge in [-0.2, -0.15) is 0 Å². The number of nitrogens with two attached hydrogens (primary N) is 1. The Labute approximate surface area is 85.7 Å². The first kappa shape index (κ1) is 11.9. The molecule has 1 aliphatic rings. The zero-order chi connectivity index (χ0) is 10.4. The van der Waals surface area contributed by atoms with Crippen LogP contribution in [-0.2, 0) is 14.2 Å². The minimum Gasteiger partial charge on any atom is -0.379 e. The average Bonchev–Trinajstić information content (AvgIpc) is 2.16. The predicted molar refractivity (Wildman–Crippen MR) is 54.2 cm³/mol. The third-order valence-corrected chi connectivity index (χ3v) is 2.47. The van der Waals surface area contributed by atoms with E-state index in [9.17, 15) is 0 Å². The number of ether oxygens (including phenoxy) is 3. The highest BCUT2D eigenvalue weighted by atomic mass is 16.6. The van der Waals surface area contributed by atoms with Crippen LogP contribution in [0.5, 0.6) is 0 Å². The van der Waals surface area contributed by atoms with Crippen LogP contribution >= 0.6 is 0 Å². The summed E-state index contributed by atoms with van der Waals surface area (Å²) in [7, 11) is 1.67. The van der Waals surface area contributed by atoms with E-state index < -0.39 is 0 Å². The van der Waals surface area contributed by atoms with Crippen LogP contribution in [0.3, 0.4) is 0 Å². The molecule has 4 heteroatoms. The van der Waals surface area contributed by atoms with E-state index in [-0.39, 0.29) is 18.2 Å². The average molecular weight is 203 g/mol. The molecule has 0 aromatic rings. The van der Waals surface area contributed by atoms with Crippen LogP contribution in [0.4, 0.5) is 0 Å². The van der Waals surface area contributed by atoms with Gasteiger partial charge in [0.15, 0.2) is 0 Å². The van der Waals surface area contributed by atoms with Gasteiger partial charge in [-0.05, 0) is 12.8 Å². The molecule has 1 fully saturated rings. The molecule has 3 unspecified atom stereocenters. The normalized spacial score (nSPS) is 31.5. The Bertz CT molecular complexity index is 154. The van der Waals surface area contributed by atoms with Crippen LogP contribution in [0, 0.1) is 0 Å². The quantitative estimate of drug-likeness (QED) is 0.614. The monoisotopic (exact) mass is 203 g/mol. The molecule has 2 N–H and O–H groups in total. The minimum absolute atomic E-state index is 0.0705. The SMILES string of the molecule is CCCOCCOC1CC(N)C1OC. The van der Waals surface area contributed by atoms with E-state index in [1.54, 1.807) is 7.11 Å². The zero-order valence-electron chi connectivity index (χ0n) is 9.07. The van der Waals surface area contributed by atoms with Gasteiger partial charge in [0.2, 0.25) is 0 Å². The van der Waals surface area contributed by atoms with Gasteiger partial charge in [-0.15, -0.1) is 0 Å². The van der Waals surface area contributed by atoms with Gasteiger partial charge >= 0.3 is 0 Å². The molecule has 0 radical (unpaired) electrons. The van der Waals surface area contributed by atoms with E-state index in [0.717, 1.165) is 19.4 Å². The van der Waals surface area contributed by atoms with Crippen LogP contribution in [0.25, 0.3) is 0 Å². The van der Waals surface area contributed by atoms with Gasteiger partial charge in [0.25, 0.3) is 0 Å². The molecular weight excluding hydrogens is 182 g/mol. The summed E-state index contributed by atoms with van der Waals surface area (Å²) in [5, 5.41) is 0. The number of methoxy groups -OCH3 is 1. The maximum absolute atomic E-state index is 5.74. The summed E-state index contributed by atoms with van der Waals surface area (Å²) in [6.45, 7) is 4.20. The van der Waals surface area contributed by atoms with Crippen molar-refractivity contribution in [1.82, 2.24) is 0 Å². The molecule has 0 bridgehead atoms. The fourth-order valence-corrected chi connectivity index (χ4v) is 1.61. The molecule has 84 valence electrons. The lowest BCUT2D eigenvalue weighted by Crippen LogP contribution is -2.57. The highest BCUT2D eigenvalue weighted by molar-refractivity contribution is 4.94. The van der Waals surface area contributed by atoms with Crippen molar-refractivity contribution in [2.24, 2.45) is 5.73 Å². The molecule has 1 saturated carbocycles. The van der Waals surface area contributed by atoms with E-state index in [4.69, 9.17) is 19.9 Å². The van der Waals surface area contributed by atoms with Crippen molar-refractivity contribution >= 4 is 0 Å². The molecule has 0 spiro atoms. The molecule has 0 heterocycles. The summed E-state index contributed by atoms with van der Waals surface area (Å²) in [5.74, 6) is 0. The highest BCUT2D eigenvalue weighted by Crippen LogP contribution is 2.24. The largest absolute Gasteiger partial charge is 0.379 e. The lowest BCUT2D eigenvalue weighted by molar-refractivity contribution is -0.133.